The maximum absolute atomic E-state index is 5.03. The summed E-state index contributed by atoms with van der Waals surface area (Å²) in [6.07, 6.45) is 0. The number of hydrogen-bond donors (Lipinski definition) is 1. The number of aromatic nitrogens is 2. The molecule has 2 heterocycles. The van der Waals surface area contributed by atoms with Crippen LogP contribution in [-0.4, -0.2) is 10.2 Å². The van der Waals surface area contributed by atoms with Crippen molar-refractivity contribution < 1.29 is 0 Å². The van der Waals surface area contributed by atoms with E-state index in [9.17, 15) is 0 Å². The zero-order valence-electron chi connectivity index (χ0n) is 7.93. The molecule has 0 amide bonds. The van der Waals surface area contributed by atoms with E-state index in [2.05, 4.69) is 39.4 Å². The molecule has 0 aliphatic carbocycles. The van der Waals surface area contributed by atoms with Crippen molar-refractivity contribution in [3.63, 3.8) is 0 Å². The van der Waals surface area contributed by atoms with Crippen LogP contribution in [0.5, 0.6) is 0 Å². The largest absolute Gasteiger partial charge is 0.338 e. The number of aromatic amines is 1. The van der Waals surface area contributed by atoms with Gasteiger partial charge < -0.3 is 4.90 Å². The van der Waals surface area contributed by atoms with Crippen molar-refractivity contribution in [2.75, 3.05) is 4.90 Å². The lowest BCUT2D eigenvalue weighted by atomic mass is 10.1. The molecule has 1 aliphatic rings. The zero-order chi connectivity index (χ0) is 10.3. The Kier molecular flexibility index (Phi) is 2.07. The number of anilines is 1. The third-order valence-corrected chi connectivity index (χ3v) is 3.69. The van der Waals surface area contributed by atoms with E-state index in [1.807, 2.05) is 0 Å². The quantitative estimate of drug-likeness (QED) is 0.771. The normalized spacial score (nSPS) is 14.3. The van der Waals surface area contributed by atoms with Gasteiger partial charge in [0, 0.05) is 13.1 Å². The van der Waals surface area contributed by atoms with Crippen LogP contribution in [-0.2, 0) is 13.1 Å². The summed E-state index contributed by atoms with van der Waals surface area (Å²) in [5, 5.41) is 7.99. The van der Waals surface area contributed by atoms with Crippen molar-refractivity contribution in [1.29, 1.82) is 0 Å². The molecule has 2 aromatic rings. The summed E-state index contributed by atoms with van der Waals surface area (Å²) in [5.74, 6) is 0. The van der Waals surface area contributed by atoms with E-state index in [1.54, 1.807) is 0 Å². The standard InChI is InChI=1S/C10H9N3S2/c14-10-12-11-9(15-10)13-5-7-3-1-2-4-8(7)6-13/h1-4H,5-6H2,(H,12,14). The van der Waals surface area contributed by atoms with E-state index >= 15 is 0 Å². The summed E-state index contributed by atoms with van der Waals surface area (Å²) in [6.45, 7) is 1.87. The number of nitrogens with one attached hydrogen (secondary N) is 1. The molecule has 0 atom stereocenters. The van der Waals surface area contributed by atoms with Gasteiger partial charge in [-0.15, -0.1) is 5.10 Å². The van der Waals surface area contributed by atoms with Gasteiger partial charge in [0.05, 0.1) is 0 Å². The molecular weight excluding hydrogens is 226 g/mol. The van der Waals surface area contributed by atoms with Crippen molar-refractivity contribution in [2.24, 2.45) is 0 Å². The molecule has 1 N–H and O–H groups in total. The molecule has 1 aromatic carbocycles. The first-order valence-electron chi connectivity index (χ1n) is 4.70. The highest BCUT2D eigenvalue weighted by atomic mass is 32.1. The molecule has 1 aromatic heterocycles. The molecule has 76 valence electrons. The Morgan fingerprint density at radius 2 is 1.93 bits per heavy atom. The molecule has 5 heteroatoms. The Balaban J connectivity index is 1.93. The fraction of sp³-hybridized carbons (Fsp3) is 0.200. The third-order valence-electron chi connectivity index (χ3n) is 2.54. The van der Waals surface area contributed by atoms with Gasteiger partial charge in [0.2, 0.25) is 5.13 Å². The van der Waals surface area contributed by atoms with Gasteiger partial charge in [-0.25, -0.2) is 0 Å². The van der Waals surface area contributed by atoms with E-state index in [0.717, 1.165) is 22.2 Å². The van der Waals surface area contributed by atoms with Gasteiger partial charge >= 0.3 is 0 Å². The van der Waals surface area contributed by atoms with Gasteiger partial charge in [-0.1, -0.05) is 35.6 Å². The number of fused-ring (bicyclic) bond motifs is 1. The van der Waals surface area contributed by atoms with Gasteiger partial charge in [0.1, 0.15) is 0 Å². The van der Waals surface area contributed by atoms with Gasteiger partial charge in [0.25, 0.3) is 0 Å². The van der Waals surface area contributed by atoms with Crippen molar-refractivity contribution in [3.8, 4) is 0 Å². The van der Waals surface area contributed by atoms with Crippen LogP contribution in [0.2, 0.25) is 0 Å². The second kappa shape index (κ2) is 3.43. The number of H-pyrrole nitrogens is 1. The van der Waals surface area contributed by atoms with Crippen LogP contribution >= 0.6 is 23.6 Å². The first-order valence-corrected chi connectivity index (χ1v) is 5.92. The van der Waals surface area contributed by atoms with E-state index in [-0.39, 0.29) is 0 Å². The molecule has 15 heavy (non-hydrogen) atoms. The molecule has 0 bridgehead atoms. The van der Waals surface area contributed by atoms with Crippen LogP contribution in [0.1, 0.15) is 11.1 Å². The number of nitrogens with zero attached hydrogens (tertiary/aromatic N) is 2. The second-order valence-corrected chi connectivity index (χ2v) is 5.16. The van der Waals surface area contributed by atoms with Crippen LogP contribution in [0.15, 0.2) is 24.3 Å². The van der Waals surface area contributed by atoms with E-state index < -0.39 is 0 Å². The highest BCUT2D eigenvalue weighted by Crippen LogP contribution is 2.28. The van der Waals surface area contributed by atoms with E-state index in [4.69, 9.17) is 12.2 Å². The monoisotopic (exact) mass is 235 g/mol. The average molecular weight is 235 g/mol. The summed E-state index contributed by atoms with van der Waals surface area (Å²) in [6, 6.07) is 8.49. The van der Waals surface area contributed by atoms with Crippen LogP contribution < -0.4 is 4.90 Å². The minimum atomic E-state index is 0.737. The molecule has 0 saturated carbocycles. The molecule has 0 spiro atoms. The van der Waals surface area contributed by atoms with Gasteiger partial charge in [-0.05, 0) is 23.3 Å². The Labute approximate surface area is 96.4 Å². The van der Waals surface area contributed by atoms with Crippen molar-refractivity contribution in [1.82, 2.24) is 10.2 Å². The highest BCUT2D eigenvalue weighted by molar-refractivity contribution is 7.73. The predicted octanol–water partition coefficient (Wildman–Crippen LogP) is 2.72. The van der Waals surface area contributed by atoms with Crippen molar-refractivity contribution >= 4 is 28.7 Å². The van der Waals surface area contributed by atoms with E-state index in [1.165, 1.54) is 22.5 Å². The lowest BCUT2D eigenvalue weighted by molar-refractivity contribution is 0.855. The van der Waals surface area contributed by atoms with Crippen molar-refractivity contribution in [3.05, 3.63) is 39.3 Å². The molecular formula is C10H9N3S2. The van der Waals surface area contributed by atoms with Crippen LogP contribution in [0.4, 0.5) is 5.13 Å². The predicted molar refractivity (Wildman–Crippen MR) is 63.6 cm³/mol. The summed E-state index contributed by atoms with van der Waals surface area (Å²) in [7, 11) is 0. The average Bonchev–Trinajstić information content (AvgIpc) is 2.82. The van der Waals surface area contributed by atoms with Crippen LogP contribution in [0.3, 0.4) is 0 Å². The molecule has 0 unspecified atom stereocenters. The molecule has 0 fully saturated rings. The Morgan fingerprint density at radius 3 is 2.47 bits per heavy atom. The first kappa shape index (κ1) is 9.06. The lowest BCUT2D eigenvalue weighted by Crippen LogP contribution is -2.13. The maximum Gasteiger partial charge on any atom is 0.207 e. The Bertz CT molecular complexity index is 518. The summed E-state index contributed by atoms with van der Waals surface area (Å²) >= 11 is 6.56. The van der Waals surface area contributed by atoms with Gasteiger partial charge in [0.15, 0.2) is 3.95 Å². The molecule has 0 saturated heterocycles. The third kappa shape index (κ3) is 1.57. The van der Waals surface area contributed by atoms with Gasteiger partial charge in [-0.3, -0.25) is 5.10 Å². The maximum atomic E-state index is 5.03. The summed E-state index contributed by atoms with van der Waals surface area (Å²) < 4.78 is 0.737. The SMILES string of the molecule is S=c1[nH]nc(N2Cc3ccccc3C2)s1. The minimum Gasteiger partial charge on any atom is -0.338 e. The fourth-order valence-corrected chi connectivity index (χ4v) is 2.70. The molecule has 1 aliphatic heterocycles. The van der Waals surface area contributed by atoms with Gasteiger partial charge in [-0.2, -0.15) is 0 Å². The zero-order valence-corrected chi connectivity index (χ0v) is 9.57. The number of hydrogen-bond acceptors (Lipinski definition) is 4. The highest BCUT2D eigenvalue weighted by Gasteiger charge is 2.20. The Morgan fingerprint density at radius 1 is 1.27 bits per heavy atom. The summed E-state index contributed by atoms with van der Waals surface area (Å²) in [4.78, 5) is 2.24. The number of rotatable bonds is 1. The second-order valence-electron chi connectivity index (χ2n) is 3.52. The fourth-order valence-electron chi connectivity index (χ4n) is 1.83. The minimum absolute atomic E-state index is 0.737. The molecule has 3 rings (SSSR count). The Hall–Kier alpha value is -1.20. The first-order chi connectivity index (χ1) is 7.33. The smallest absolute Gasteiger partial charge is 0.207 e. The molecule has 0 radical (unpaired) electrons. The lowest BCUT2D eigenvalue weighted by Gasteiger charge is -2.11. The molecule has 3 nitrogen and oxygen atoms in total. The van der Waals surface area contributed by atoms with Crippen LogP contribution in [0, 0.1) is 3.95 Å². The number of benzene rings is 1. The van der Waals surface area contributed by atoms with Crippen molar-refractivity contribution in [2.45, 2.75) is 13.1 Å². The topological polar surface area (TPSA) is 31.9 Å². The van der Waals surface area contributed by atoms with E-state index in [0.29, 0.717) is 0 Å². The summed E-state index contributed by atoms with van der Waals surface area (Å²) in [5.41, 5.74) is 2.78. The van der Waals surface area contributed by atoms with Crippen LogP contribution in [0.25, 0.3) is 0 Å².